The first-order valence-corrected chi connectivity index (χ1v) is 9.88. The smallest absolute Gasteiger partial charge is 0.193 e. The number of likely N-dealkylation sites (N-methyl/N-ethyl adjacent to an activating group) is 1. The van der Waals surface area contributed by atoms with Crippen molar-refractivity contribution in [2.45, 2.75) is 10.8 Å². The third-order valence-electron chi connectivity index (χ3n) is 3.33. The van der Waals surface area contributed by atoms with E-state index in [0.717, 1.165) is 29.0 Å². The number of rotatable bonds is 9. The predicted octanol–water partition coefficient (Wildman–Crippen LogP) is 3.97. The lowest BCUT2D eigenvalue weighted by atomic mass is 10.3. The summed E-state index contributed by atoms with van der Waals surface area (Å²) in [5.41, 5.74) is 0. The molecule has 0 saturated heterocycles. The zero-order valence-corrected chi connectivity index (χ0v) is 18.8. The van der Waals surface area contributed by atoms with Crippen molar-refractivity contribution in [1.82, 2.24) is 15.2 Å². The second-order valence-electron chi connectivity index (χ2n) is 5.17. The van der Waals surface area contributed by atoms with E-state index in [2.05, 4.69) is 15.3 Å². The van der Waals surface area contributed by atoms with Crippen LogP contribution in [-0.2, 0) is 0 Å². The molecule has 0 unspecified atom stereocenters. The van der Waals surface area contributed by atoms with E-state index in [-0.39, 0.29) is 35.5 Å². The first kappa shape index (κ1) is 23.0. The molecule has 144 valence electrons. The Balaban J connectivity index is 0.00000338. The number of guanidine groups is 1. The van der Waals surface area contributed by atoms with Crippen molar-refractivity contribution in [3.8, 4) is 5.75 Å². The Morgan fingerprint density at radius 3 is 2.92 bits per heavy atom. The van der Waals surface area contributed by atoms with Crippen LogP contribution < -0.4 is 10.1 Å². The van der Waals surface area contributed by atoms with Crippen molar-refractivity contribution in [2.75, 3.05) is 39.5 Å². The second-order valence-corrected chi connectivity index (χ2v) is 7.41. The number of para-hydroxylation sites is 1. The van der Waals surface area contributed by atoms with Crippen molar-refractivity contribution < 1.29 is 9.13 Å². The van der Waals surface area contributed by atoms with Gasteiger partial charge in [0.05, 0.1) is 6.54 Å². The van der Waals surface area contributed by atoms with Crippen LogP contribution in [0.3, 0.4) is 0 Å². The number of aromatic nitrogens is 1. The van der Waals surface area contributed by atoms with Crippen LogP contribution in [0, 0.1) is 5.82 Å². The minimum atomic E-state index is -0.342. The lowest BCUT2D eigenvalue weighted by Crippen LogP contribution is -2.41. The van der Waals surface area contributed by atoms with Gasteiger partial charge in [0.2, 0.25) is 0 Å². The van der Waals surface area contributed by atoms with Gasteiger partial charge in [0.15, 0.2) is 17.5 Å². The largest absolute Gasteiger partial charge is 0.489 e. The predicted molar refractivity (Wildman–Crippen MR) is 119 cm³/mol. The van der Waals surface area contributed by atoms with Gasteiger partial charge in [-0.15, -0.1) is 35.3 Å². The number of nitrogens with zero attached hydrogens (tertiary/aromatic N) is 3. The molecule has 0 amide bonds. The molecule has 2 rings (SSSR count). The highest BCUT2D eigenvalue weighted by Crippen LogP contribution is 2.20. The van der Waals surface area contributed by atoms with Crippen LogP contribution in [0.25, 0.3) is 0 Å². The number of ether oxygens (including phenoxy) is 1. The monoisotopic (exact) mass is 510 g/mol. The fourth-order valence-electron chi connectivity index (χ4n) is 2.06. The molecule has 5 nitrogen and oxygen atoms in total. The molecule has 2 aromatic rings. The number of thiazole rings is 1. The van der Waals surface area contributed by atoms with Gasteiger partial charge in [0, 0.05) is 38.0 Å². The van der Waals surface area contributed by atoms with Crippen molar-refractivity contribution >= 4 is 53.0 Å². The van der Waals surface area contributed by atoms with Crippen molar-refractivity contribution in [3.63, 3.8) is 0 Å². The molecule has 26 heavy (non-hydrogen) atoms. The molecule has 0 aliphatic heterocycles. The van der Waals surface area contributed by atoms with E-state index >= 15 is 0 Å². The summed E-state index contributed by atoms with van der Waals surface area (Å²) < 4.78 is 20.1. The summed E-state index contributed by atoms with van der Waals surface area (Å²) in [6, 6.07) is 6.42. The van der Waals surface area contributed by atoms with Crippen molar-refractivity contribution in [1.29, 1.82) is 0 Å². The van der Waals surface area contributed by atoms with Crippen LogP contribution in [0.5, 0.6) is 5.75 Å². The van der Waals surface area contributed by atoms with Gasteiger partial charge in [-0.1, -0.05) is 23.9 Å². The van der Waals surface area contributed by atoms with Gasteiger partial charge in [-0.3, -0.25) is 4.99 Å². The SMILES string of the molecule is CN=C(NCCCSc1nccs1)N(C)CCOc1ccccc1F.I. The van der Waals surface area contributed by atoms with Crippen LogP contribution in [0.2, 0.25) is 0 Å². The number of benzene rings is 1. The zero-order chi connectivity index (χ0) is 17.9. The lowest BCUT2D eigenvalue weighted by molar-refractivity contribution is 0.270. The Morgan fingerprint density at radius 1 is 1.42 bits per heavy atom. The van der Waals surface area contributed by atoms with Gasteiger partial charge in [0.1, 0.15) is 10.9 Å². The molecule has 0 fully saturated rings. The van der Waals surface area contributed by atoms with Gasteiger partial charge in [-0.25, -0.2) is 9.37 Å². The van der Waals surface area contributed by atoms with E-state index < -0.39 is 0 Å². The molecular weight excluding hydrogens is 486 g/mol. The summed E-state index contributed by atoms with van der Waals surface area (Å²) in [5.74, 6) is 1.75. The van der Waals surface area contributed by atoms with Crippen LogP contribution >= 0.6 is 47.1 Å². The first-order valence-electron chi connectivity index (χ1n) is 8.02. The Kier molecular flexibility index (Phi) is 11.6. The highest BCUT2D eigenvalue weighted by molar-refractivity contribution is 14.0. The maximum Gasteiger partial charge on any atom is 0.193 e. The molecule has 0 aliphatic carbocycles. The minimum absolute atomic E-state index is 0. The number of halogens is 2. The normalized spacial score (nSPS) is 11.0. The Hall–Kier alpha value is -1.07. The fourth-order valence-corrected chi connectivity index (χ4v) is 3.71. The quantitative estimate of drug-likeness (QED) is 0.182. The first-order chi connectivity index (χ1) is 12.2. The zero-order valence-electron chi connectivity index (χ0n) is 14.9. The Labute approximate surface area is 179 Å². The van der Waals surface area contributed by atoms with Gasteiger partial charge in [0.25, 0.3) is 0 Å². The molecule has 0 saturated carbocycles. The van der Waals surface area contributed by atoms with Crippen LogP contribution in [0.15, 0.2) is 45.2 Å². The molecule has 1 N–H and O–H groups in total. The second kappa shape index (κ2) is 13.2. The lowest BCUT2D eigenvalue weighted by Gasteiger charge is -2.22. The van der Waals surface area contributed by atoms with Gasteiger partial charge < -0.3 is 15.0 Å². The fraction of sp³-hybridized carbons (Fsp3) is 0.412. The summed E-state index contributed by atoms with van der Waals surface area (Å²) in [5, 5.41) is 5.31. The molecule has 1 aromatic carbocycles. The average molecular weight is 510 g/mol. The maximum atomic E-state index is 13.5. The standard InChI is InChI=1S/C17H23FN4OS2.HI/c1-19-16(20-8-5-12-24-17-21-9-13-25-17)22(2)10-11-23-15-7-4-3-6-14(15)18;/h3-4,6-7,9,13H,5,8,10-12H2,1-2H3,(H,19,20);1H. The Bertz CT molecular complexity index is 658. The van der Waals surface area contributed by atoms with E-state index in [1.165, 1.54) is 6.07 Å². The Morgan fingerprint density at radius 2 is 2.23 bits per heavy atom. The van der Waals surface area contributed by atoms with Crippen molar-refractivity contribution in [3.05, 3.63) is 41.7 Å². The van der Waals surface area contributed by atoms with E-state index in [0.29, 0.717) is 13.2 Å². The van der Waals surface area contributed by atoms with Crippen LogP contribution in [-0.4, -0.2) is 55.4 Å². The molecule has 0 atom stereocenters. The van der Waals surface area contributed by atoms with Crippen LogP contribution in [0.1, 0.15) is 6.42 Å². The molecule has 0 radical (unpaired) electrons. The topological polar surface area (TPSA) is 49.8 Å². The highest BCUT2D eigenvalue weighted by Gasteiger charge is 2.07. The van der Waals surface area contributed by atoms with Crippen LogP contribution in [0.4, 0.5) is 4.39 Å². The summed E-state index contributed by atoms with van der Waals surface area (Å²) in [4.78, 5) is 10.5. The molecule has 0 aliphatic rings. The average Bonchev–Trinajstić information content (AvgIpc) is 3.13. The molecule has 1 heterocycles. The third-order valence-corrected chi connectivity index (χ3v) is 5.39. The third kappa shape index (κ3) is 8.09. The molecule has 0 bridgehead atoms. The van der Waals surface area contributed by atoms with Gasteiger partial charge >= 0.3 is 0 Å². The van der Waals surface area contributed by atoms with Gasteiger partial charge in [-0.05, 0) is 18.6 Å². The molecular formula is C17H24FIN4OS2. The summed E-state index contributed by atoms with van der Waals surface area (Å²) in [6.45, 7) is 1.84. The number of hydrogen-bond acceptors (Lipinski definition) is 5. The maximum absolute atomic E-state index is 13.5. The summed E-state index contributed by atoms with van der Waals surface area (Å²) in [6.07, 6.45) is 2.84. The number of aliphatic imine (C=N–C) groups is 1. The van der Waals surface area contributed by atoms with E-state index in [9.17, 15) is 4.39 Å². The molecule has 1 aromatic heterocycles. The molecule has 0 spiro atoms. The highest BCUT2D eigenvalue weighted by atomic mass is 127. The summed E-state index contributed by atoms with van der Waals surface area (Å²) in [7, 11) is 3.69. The van der Waals surface area contributed by atoms with E-state index in [1.54, 1.807) is 48.3 Å². The number of hydrogen-bond donors (Lipinski definition) is 1. The van der Waals surface area contributed by atoms with E-state index in [1.807, 2.05) is 23.5 Å². The minimum Gasteiger partial charge on any atom is -0.489 e. The van der Waals surface area contributed by atoms with Gasteiger partial charge in [-0.2, -0.15) is 0 Å². The molecule has 9 heteroatoms. The van der Waals surface area contributed by atoms with E-state index in [4.69, 9.17) is 4.74 Å². The van der Waals surface area contributed by atoms with Crippen molar-refractivity contribution in [2.24, 2.45) is 4.99 Å². The number of nitrogens with one attached hydrogen (secondary N) is 1. The summed E-state index contributed by atoms with van der Waals surface area (Å²) >= 11 is 3.43. The number of thioether (sulfide) groups is 1.